The van der Waals surface area contributed by atoms with Gasteiger partial charge in [0.05, 0.1) is 0 Å². The largest absolute Gasteiger partial charge is 0.481 e. The summed E-state index contributed by atoms with van der Waals surface area (Å²) < 4.78 is 4.97. The van der Waals surface area contributed by atoms with Crippen molar-refractivity contribution in [1.82, 2.24) is 0 Å². The number of ether oxygens (including phenoxy) is 1. The van der Waals surface area contributed by atoms with Crippen molar-refractivity contribution >= 4 is 17.7 Å². The Balaban J connectivity index is 4.92. The Hall–Kier alpha value is -1.39. The number of esters is 1. The molecule has 0 aromatic heterocycles. The molecule has 16 heavy (non-hydrogen) atoms. The van der Waals surface area contributed by atoms with Crippen molar-refractivity contribution in [2.45, 2.75) is 46.6 Å². The molecule has 0 heterocycles. The van der Waals surface area contributed by atoms with Crippen LogP contribution in [-0.4, -0.2) is 28.4 Å². The molecule has 0 bridgehead atoms. The molecule has 0 amide bonds. The van der Waals surface area contributed by atoms with Gasteiger partial charge in [-0.15, -0.1) is 0 Å². The highest BCUT2D eigenvalue weighted by Crippen LogP contribution is 2.24. The van der Waals surface area contributed by atoms with Crippen molar-refractivity contribution in [2.24, 2.45) is 5.41 Å². The summed E-state index contributed by atoms with van der Waals surface area (Å²) in [4.78, 5) is 22.6. The maximum atomic E-state index is 11.6. The van der Waals surface area contributed by atoms with E-state index in [4.69, 9.17) is 15.3 Å². The van der Waals surface area contributed by atoms with Crippen LogP contribution in [0.1, 0.15) is 41.0 Å². The van der Waals surface area contributed by atoms with E-state index in [1.54, 1.807) is 27.7 Å². The van der Waals surface area contributed by atoms with E-state index < -0.39 is 28.7 Å². The molecule has 2 N–H and O–H groups in total. The van der Waals surface area contributed by atoms with Crippen LogP contribution in [0.2, 0.25) is 0 Å². The van der Waals surface area contributed by atoms with Crippen LogP contribution in [0, 0.1) is 10.8 Å². The number of carbonyl (C=O) groups is 2. The molecule has 1 unspecified atom stereocenters. The van der Waals surface area contributed by atoms with Crippen LogP contribution >= 0.6 is 0 Å². The maximum absolute atomic E-state index is 11.6. The second-order valence-electron chi connectivity index (χ2n) is 4.87. The average Bonchev–Trinajstić information content (AvgIpc) is 2.12. The monoisotopic (exact) mass is 229 g/mol. The number of carboxylic acids is 1. The van der Waals surface area contributed by atoms with E-state index in [9.17, 15) is 9.59 Å². The Kier molecular flexibility index (Phi) is 4.23. The normalized spacial score (nSPS) is 15.1. The summed E-state index contributed by atoms with van der Waals surface area (Å²) in [6, 6.07) is 0. The summed E-state index contributed by atoms with van der Waals surface area (Å²) in [6.45, 7) is 7.97. The van der Waals surface area contributed by atoms with Crippen LogP contribution in [0.25, 0.3) is 0 Å². The smallest absolute Gasteiger partial charge is 0.353 e. The standard InChI is InChI=1S/C11H19NO4/c1-6-11(5,9(14)15)7(12)8(13)16-10(2,3)4/h12H,6H2,1-5H3,(H,14,15). The van der Waals surface area contributed by atoms with Crippen molar-refractivity contribution in [2.75, 3.05) is 0 Å². The molecule has 5 heteroatoms. The molecule has 1 atom stereocenters. The molecule has 0 saturated heterocycles. The molecule has 5 nitrogen and oxygen atoms in total. The summed E-state index contributed by atoms with van der Waals surface area (Å²) in [5.41, 5.74) is -2.73. The number of carboxylic acid groups (broad SMARTS) is 1. The van der Waals surface area contributed by atoms with Crippen molar-refractivity contribution in [3.05, 3.63) is 0 Å². The quantitative estimate of drug-likeness (QED) is 0.568. The topological polar surface area (TPSA) is 87.5 Å². The molecule has 0 aromatic rings. The van der Waals surface area contributed by atoms with E-state index in [1.165, 1.54) is 6.92 Å². The van der Waals surface area contributed by atoms with E-state index in [1.807, 2.05) is 0 Å². The molecule has 0 aromatic carbocycles. The second-order valence-corrected chi connectivity index (χ2v) is 4.87. The lowest BCUT2D eigenvalue weighted by atomic mass is 9.82. The summed E-state index contributed by atoms with van der Waals surface area (Å²) in [5, 5.41) is 16.6. The van der Waals surface area contributed by atoms with Crippen LogP contribution in [0.15, 0.2) is 0 Å². The average molecular weight is 229 g/mol. The Bertz CT molecular complexity index is 316. The lowest BCUT2D eigenvalue weighted by Crippen LogP contribution is -2.42. The molecule has 0 radical (unpaired) electrons. The fraction of sp³-hybridized carbons (Fsp3) is 0.727. The summed E-state index contributed by atoms with van der Waals surface area (Å²) in [5.74, 6) is -2.06. The molecule has 0 aliphatic carbocycles. The van der Waals surface area contributed by atoms with E-state index in [2.05, 4.69) is 0 Å². The molecule has 0 spiro atoms. The molecule has 0 aliphatic rings. The van der Waals surface area contributed by atoms with Gasteiger partial charge >= 0.3 is 11.9 Å². The van der Waals surface area contributed by atoms with Gasteiger partial charge < -0.3 is 9.84 Å². The van der Waals surface area contributed by atoms with Gasteiger partial charge in [0.15, 0.2) is 0 Å². The van der Waals surface area contributed by atoms with E-state index in [0.717, 1.165) is 0 Å². The third kappa shape index (κ3) is 3.32. The van der Waals surface area contributed by atoms with Gasteiger partial charge in [0.2, 0.25) is 0 Å². The zero-order valence-electron chi connectivity index (χ0n) is 10.4. The summed E-state index contributed by atoms with van der Waals surface area (Å²) in [7, 11) is 0. The van der Waals surface area contributed by atoms with Gasteiger partial charge in [-0.1, -0.05) is 6.92 Å². The van der Waals surface area contributed by atoms with Gasteiger partial charge in [-0.2, -0.15) is 0 Å². The Labute approximate surface area is 95.3 Å². The first-order valence-corrected chi connectivity index (χ1v) is 5.10. The highest BCUT2D eigenvalue weighted by Gasteiger charge is 2.41. The minimum Gasteiger partial charge on any atom is -0.481 e. The zero-order chi connectivity index (χ0) is 13.1. The van der Waals surface area contributed by atoms with Gasteiger partial charge in [-0.3, -0.25) is 10.2 Å². The van der Waals surface area contributed by atoms with E-state index >= 15 is 0 Å². The predicted octanol–water partition coefficient (Wildman–Crippen LogP) is 1.85. The van der Waals surface area contributed by atoms with Crippen LogP contribution in [0.3, 0.4) is 0 Å². The first-order valence-electron chi connectivity index (χ1n) is 5.10. The van der Waals surface area contributed by atoms with Gasteiger partial charge in [0.25, 0.3) is 0 Å². The SMILES string of the molecule is CCC(C)(C(=N)C(=O)OC(C)(C)C)C(=O)O. The Morgan fingerprint density at radius 3 is 1.94 bits per heavy atom. The fourth-order valence-electron chi connectivity index (χ4n) is 0.989. The van der Waals surface area contributed by atoms with E-state index in [0.29, 0.717) is 0 Å². The number of hydrogen-bond donors (Lipinski definition) is 2. The molecule has 0 saturated carbocycles. The van der Waals surface area contributed by atoms with Crippen molar-refractivity contribution in [3.8, 4) is 0 Å². The van der Waals surface area contributed by atoms with Crippen molar-refractivity contribution < 1.29 is 19.4 Å². The van der Waals surface area contributed by atoms with Crippen LogP contribution in [0.4, 0.5) is 0 Å². The first-order chi connectivity index (χ1) is 7.04. The lowest BCUT2D eigenvalue weighted by molar-refractivity contribution is -0.151. The molecular weight excluding hydrogens is 210 g/mol. The number of hydrogen-bond acceptors (Lipinski definition) is 4. The van der Waals surface area contributed by atoms with Crippen LogP contribution in [-0.2, 0) is 14.3 Å². The number of carbonyl (C=O) groups excluding carboxylic acids is 1. The number of rotatable bonds is 4. The molecule has 92 valence electrons. The third-order valence-corrected chi connectivity index (χ3v) is 2.33. The zero-order valence-corrected chi connectivity index (χ0v) is 10.4. The Morgan fingerprint density at radius 1 is 1.25 bits per heavy atom. The molecule has 0 rings (SSSR count). The molecular formula is C11H19NO4. The van der Waals surface area contributed by atoms with Crippen molar-refractivity contribution in [1.29, 1.82) is 5.41 Å². The molecule has 0 fully saturated rings. The highest BCUT2D eigenvalue weighted by molar-refractivity contribution is 6.40. The van der Waals surface area contributed by atoms with Gasteiger partial charge in [0, 0.05) is 0 Å². The van der Waals surface area contributed by atoms with Gasteiger partial charge in [-0.05, 0) is 34.1 Å². The summed E-state index contributed by atoms with van der Waals surface area (Å²) in [6.07, 6.45) is 0.167. The number of nitrogens with one attached hydrogen (secondary N) is 1. The fourth-order valence-corrected chi connectivity index (χ4v) is 0.989. The van der Waals surface area contributed by atoms with Crippen LogP contribution < -0.4 is 0 Å². The minimum absolute atomic E-state index is 0.167. The van der Waals surface area contributed by atoms with Crippen LogP contribution in [0.5, 0.6) is 0 Å². The lowest BCUT2D eigenvalue weighted by Gasteiger charge is -2.26. The second kappa shape index (κ2) is 4.63. The minimum atomic E-state index is -1.48. The first kappa shape index (κ1) is 14.6. The maximum Gasteiger partial charge on any atom is 0.353 e. The summed E-state index contributed by atoms with van der Waals surface area (Å²) >= 11 is 0. The predicted molar refractivity (Wildman–Crippen MR) is 59.6 cm³/mol. The van der Waals surface area contributed by atoms with Gasteiger partial charge in [0.1, 0.15) is 16.7 Å². The Morgan fingerprint density at radius 2 is 1.69 bits per heavy atom. The molecule has 0 aliphatic heterocycles. The van der Waals surface area contributed by atoms with Crippen molar-refractivity contribution in [3.63, 3.8) is 0 Å². The highest BCUT2D eigenvalue weighted by atomic mass is 16.6. The number of aliphatic carboxylic acids is 1. The van der Waals surface area contributed by atoms with E-state index in [-0.39, 0.29) is 6.42 Å². The third-order valence-electron chi connectivity index (χ3n) is 2.33. The van der Waals surface area contributed by atoms with Gasteiger partial charge in [-0.25, -0.2) is 4.79 Å².